The monoisotopic (exact) mass is 278 g/mol. The van der Waals surface area contributed by atoms with Crippen molar-refractivity contribution < 1.29 is 9.90 Å². The summed E-state index contributed by atoms with van der Waals surface area (Å²) in [6, 6.07) is 18.6. The zero-order valence-corrected chi connectivity index (χ0v) is 11.4. The molecule has 104 valence electrons. The molecule has 0 saturated heterocycles. The molecule has 0 bridgehead atoms. The molecule has 1 unspecified atom stereocenters. The largest absolute Gasteiger partial charge is 0.374 e. The van der Waals surface area contributed by atoms with Gasteiger partial charge in [-0.1, -0.05) is 48.5 Å². The van der Waals surface area contributed by atoms with Crippen molar-refractivity contribution in [1.29, 1.82) is 5.26 Å². The van der Waals surface area contributed by atoms with E-state index in [1.54, 1.807) is 23.1 Å². The number of hydrogen-bond donors (Lipinski definition) is 1. The van der Waals surface area contributed by atoms with Crippen molar-refractivity contribution in [2.45, 2.75) is 18.6 Å². The molecule has 0 radical (unpaired) electrons. The summed E-state index contributed by atoms with van der Waals surface area (Å²) in [4.78, 5) is 14.1. The first kappa shape index (κ1) is 13.3. The Morgan fingerprint density at radius 3 is 2.48 bits per heavy atom. The summed E-state index contributed by atoms with van der Waals surface area (Å²) in [5.41, 5.74) is 0.415. The van der Waals surface area contributed by atoms with Crippen LogP contribution >= 0.6 is 0 Å². The number of nitrogens with zero attached hydrogens (tertiary/aromatic N) is 2. The average molecular weight is 278 g/mol. The molecule has 4 heteroatoms. The van der Waals surface area contributed by atoms with E-state index in [1.165, 1.54) is 0 Å². The van der Waals surface area contributed by atoms with Gasteiger partial charge in [-0.3, -0.25) is 4.79 Å². The molecular formula is C17H14N2O2. The first-order valence-corrected chi connectivity index (χ1v) is 6.71. The van der Waals surface area contributed by atoms with Crippen molar-refractivity contribution in [1.82, 2.24) is 0 Å². The van der Waals surface area contributed by atoms with E-state index in [0.29, 0.717) is 17.8 Å². The first-order valence-electron chi connectivity index (χ1n) is 6.71. The summed E-state index contributed by atoms with van der Waals surface area (Å²) in [6.45, 7) is 0.379. The molecule has 3 rings (SSSR count). The van der Waals surface area contributed by atoms with Gasteiger partial charge >= 0.3 is 0 Å². The number of carbonyl (C=O) groups excluding carboxylic acids is 1. The number of para-hydroxylation sites is 1. The Kier molecular flexibility index (Phi) is 3.20. The normalized spacial score (nSPS) is 20.2. The number of fused-ring (bicyclic) bond motifs is 1. The third kappa shape index (κ3) is 2.08. The second-order valence-electron chi connectivity index (χ2n) is 5.09. The van der Waals surface area contributed by atoms with E-state index < -0.39 is 11.5 Å². The lowest BCUT2D eigenvalue weighted by molar-refractivity contribution is -0.135. The highest BCUT2D eigenvalue weighted by Crippen LogP contribution is 2.42. The lowest BCUT2D eigenvalue weighted by atomic mass is 9.93. The zero-order valence-electron chi connectivity index (χ0n) is 11.4. The van der Waals surface area contributed by atoms with Crippen LogP contribution in [0.2, 0.25) is 0 Å². The Bertz CT molecular complexity index is 721. The van der Waals surface area contributed by atoms with Crippen molar-refractivity contribution in [3.05, 3.63) is 65.7 Å². The van der Waals surface area contributed by atoms with Crippen molar-refractivity contribution in [2.24, 2.45) is 0 Å². The van der Waals surface area contributed by atoms with Gasteiger partial charge in [0.05, 0.1) is 24.7 Å². The van der Waals surface area contributed by atoms with Gasteiger partial charge in [-0.05, 0) is 11.6 Å². The van der Waals surface area contributed by atoms with Crippen LogP contribution in [0.4, 0.5) is 5.69 Å². The van der Waals surface area contributed by atoms with Gasteiger partial charge in [-0.25, -0.2) is 0 Å². The SMILES string of the molecule is N#CCC1(O)C(=O)N(Cc2ccccc2)c2ccccc21. The molecule has 0 aliphatic carbocycles. The minimum Gasteiger partial charge on any atom is -0.374 e. The standard InChI is InChI=1S/C17H14N2O2/c18-11-10-17(21)14-8-4-5-9-15(14)19(16(17)20)12-13-6-2-1-3-7-13/h1-9,21H,10,12H2. The van der Waals surface area contributed by atoms with Crippen LogP contribution in [0.1, 0.15) is 17.5 Å². The minimum atomic E-state index is -1.74. The summed E-state index contributed by atoms with van der Waals surface area (Å²) in [5.74, 6) is -0.436. The maximum atomic E-state index is 12.6. The average Bonchev–Trinajstić information content (AvgIpc) is 2.72. The highest BCUT2D eigenvalue weighted by Gasteiger charge is 2.49. The van der Waals surface area contributed by atoms with E-state index in [0.717, 1.165) is 5.56 Å². The van der Waals surface area contributed by atoms with Gasteiger partial charge in [0.15, 0.2) is 5.60 Å². The van der Waals surface area contributed by atoms with Crippen LogP contribution in [0.15, 0.2) is 54.6 Å². The van der Waals surface area contributed by atoms with Crippen LogP contribution in [-0.4, -0.2) is 11.0 Å². The molecule has 1 atom stereocenters. The van der Waals surface area contributed by atoms with Crippen molar-refractivity contribution in [3.8, 4) is 6.07 Å². The van der Waals surface area contributed by atoms with Gasteiger partial charge in [-0.2, -0.15) is 5.26 Å². The van der Waals surface area contributed by atoms with Crippen LogP contribution in [0.25, 0.3) is 0 Å². The smallest absolute Gasteiger partial charge is 0.265 e. The predicted octanol–water partition coefficient (Wildman–Crippen LogP) is 2.33. The second-order valence-corrected chi connectivity index (χ2v) is 5.09. The van der Waals surface area contributed by atoms with E-state index in [4.69, 9.17) is 5.26 Å². The van der Waals surface area contributed by atoms with E-state index in [9.17, 15) is 9.90 Å². The molecule has 0 spiro atoms. The Hall–Kier alpha value is -2.64. The molecule has 1 amide bonds. The zero-order chi connectivity index (χ0) is 14.9. The molecule has 4 nitrogen and oxygen atoms in total. The van der Waals surface area contributed by atoms with Crippen LogP contribution in [-0.2, 0) is 16.9 Å². The Balaban J connectivity index is 2.03. The molecule has 1 heterocycles. The summed E-state index contributed by atoms with van der Waals surface area (Å²) in [7, 11) is 0. The number of benzene rings is 2. The Morgan fingerprint density at radius 2 is 1.76 bits per heavy atom. The fourth-order valence-corrected chi connectivity index (χ4v) is 2.71. The topological polar surface area (TPSA) is 64.3 Å². The quantitative estimate of drug-likeness (QED) is 0.937. The van der Waals surface area contributed by atoms with Crippen LogP contribution < -0.4 is 4.90 Å². The van der Waals surface area contributed by atoms with Gasteiger partial charge in [0.25, 0.3) is 5.91 Å². The Labute approximate surface area is 122 Å². The maximum Gasteiger partial charge on any atom is 0.265 e. The predicted molar refractivity (Wildman–Crippen MR) is 78.2 cm³/mol. The minimum absolute atomic E-state index is 0.242. The van der Waals surface area contributed by atoms with E-state index >= 15 is 0 Å². The molecule has 0 aromatic heterocycles. The second kappa shape index (κ2) is 5.04. The number of nitriles is 1. The molecular weight excluding hydrogens is 264 g/mol. The highest BCUT2D eigenvalue weighted by molar-refractivity contribution is 6.06. The third-order valence-corrected chi connectivity index (χ3v) is 3.76. The number of amides is 1. The molecule has 2 aromatic carbocycles. The lowest BCUT2D eigenvalue weighted by Gasteiger charge is -2.21. The van der Waals surface area contributed by atoms with Gasteiger partial charge in [0.2, 0.25) is 0 Å². The number of hydrogen-bond acceptors (Lipinski definition) is 3. The first-order chi connectivity index (χ1) is 10.2. The van der Waals surface area contributed by atoms with E-state index in [1.807, 2.05) is 42.5 Å². The molecule has 1 N–H and O–H groups in total. The molecule has 1 aliphatic heterocycles. The molecule has 21 heavy (non-hydrogen) atoms. The fourth-order valence-electron chi connectivity index (χ4n) is 2.71. The van der Waals surface area contributed by atoms with Gasteiger partial charge in [-0.15, -0.1) is 0 Å². The Morgan fingerprint density at radius 1 is 1.10 bits per heavy atom. The molecule has 0 fully saturated rings. The number of rotatable bonds is 3. The van der Waals surface area contributed by atoms with E-state index in [2.05, 4.69) is 0 Å². The van der Waals surface area contributed by atoms with Gasteiger partial charge in [0.1, 0.15) is 0 Å². The molecule has 2 aromatic rings. The summed E-state index contributed by atoms with van der Waals surface area (Å²) in [5, 5.41) is 19.6. The van der Waals surface area contributed by atoms with Crippen LogP contribution in [0, 0.1) is 11.3 Å². The van der Waals surface area contributed by atoms with Crippen LogP contribution in [0.5, 0.6) is 0 Å². The number of anilines is 1. The van der Waals surface area contributed by atoms with Gasteiger partial charge in [0, 0.05) is 5.56 Å². The van der Waals surface area contributed by atoms with Crippen LogP contribution in [0.3, 0.4) is 0 Å². The highest BCUT2D eigenvalue weighted by atomic mass is 16.3. The van der Waals surface area contributed by atoms with Crippen molar-refractivity contribution in [3.63, 3.8) is 0 Å². The van der Waals surface area contributed by atoms with Gasteiger partial charge < -0.3 is 10.0 Å². The fraction of sp³-hybridized carbons (Fsp3) is 0.176. The van der Waals surface area contributed by atoms with Crippen molar-refractivity contribution >= 4 is 11.6 Å². The third-order valence-electron chi connectivity index (χ3n) is 3.76. The van der Waals surface area contributed by atoms with Crippen molar-refractivity contribution in [2.75, 3.05) is 4.90 Å². The number of aliphatic hydroxyl groups is 1. The summed E-state index contributed by atoms with van der Waals surface area (Å²) < 4.78 is 0. The summed E-state index contributed by atoms with van der Waals surface area (Å²) >= 11 is 0. The molecule has 0 saturated carbocycles. The molecule has 1 aliphatic rings. The number of carbonyl (C=O) groups is 1. The lowest BCUT2D eigenvalue weighted by Crippen LogP contribution is -2.39. The maximum absolute atomic E-state index is 12.6. The van der Waals surface area contributed by atoms with E-state index in [-0.39, 0.29) is 6.42 Å². The summed E-state index contributed by atoms with van der Waals surface area (Å²) in [6.07, 6.45) is -0.242.